The van der Waals surface area contributed by atoms with Gasteiger partial charge in [0.25, 0.3) is 0 Å². The Labute approximate surface area is 243 Å². The summed E-state index contributed by atoms with van der Waals surface area (Å²) >= 11 is 5.92. The van der Waals surface area contributed by atoms with Gasteiger partial charge in [0.2, 0.25) is 5.78 Å². The molecule has 2 heterocycles. The number of pyridine rings is 1. The topological polar surface area (TPSA) is 86.1 Å². The van der Waals surface area contributed by atoms with Gasteiger partial charge in [0.05, 0.1) is 35.9 Å². The maximum atomic E-state index is 13.6. The van der Waals surface area contributed by atoms with Gasteiger partial charge in [-0.15, -0.1) is 0 Å². The molecule has 0 unspecified atom stereocenters. The predicted octanol–water partition coefficient (Wildman–Crippen LogP) is 7.24. The zero-order valence-electron chi connectivity index (χ0n) is 22.0. The lowest BCUT2D eigenvalue weighted by molar-refractivity contribution is -0.141. The molecule has 0 amide bonds. The molecule has 1 N–H and O–H groups in total. The number of aromatic nitrogens is 3. The molecule has 0 bridgehead atoms. The van der Waals surface area contributed by atoms with Gasteiger partial charge in [-0.3, -0.25) is 9.78 Å². The second kappa shape index (κ2) is 11.9. The van der Waals surface area contributed by atoms with Crippen LogP contribution in [0.5, 0.6) is 0 Å². The largest absolute Gasteiger partial charge is 0.465 e. The third-order valence-electron chi connectivity index (χ3n) is 6.37. The van der Waals surface area contributed by atoms with Gasteiger partial charge in [-0.05, 0) is 54.1 Å². The molecule has 5 rings (SSSR count). The normalized spacial score (nSPS) is 11.3. The first-order chi connectivity index (χ1) is 20.1. The number of rotatable bonds is 8. The highest BCUT2D eigenvalue weighted by molar-refractivity contribution is 6.30. The van der Waals surface area contributed by atoms with Gasteiger partial charge >= 0.3 is 12.1 Å². The highest BCUT2D eigenvalue weighted by Crippen LogP contribution is 2.34. The molecule has 42 heavy (non-hydrogen) atoms. The van der Waals surface area contributed by atoms with E-state index >= 15 is 0 Å². The lowest BCUT2D eigenvalue weighted by Gasteiger charge is -2.13. The molecule has 212 valence electrons. The van der Waals surface area contributed by atoms with E-state index in [-0.39, 0.29) is 28.2 Å². The molecule has 0 saturated heterocycles. The molecule has 0 aliphatic rings. The minimum absolute atomic E-state index is 0.0162. The molecule has 7 nitrogen and oxygen atoms in total. The molecule has 0 fully saturated rings. The van der Waals surface area contributed by atoms with E-state index in [1.165, 1.54) is 30.5 Å². The quantitative estimate of drug-likeness (QED) is 0.151. The number of esters is 1. The third kappa shape index (κ3) is 6.18. The minimum atomic E-state index is -4.72. The van der Waals surface area contributed by atoms with E-state index in [0.717, 1.165) is 23.4 Å². The van der Waals surface area contributed by atoms with Crippen molar-refractivity contribution in [1.29, 1.82) is 0 Å². The number of hydrogen-bond donors (Lipinski definition) is 1. The Balaban J connectivity index is 1.46. The molecule has 11 heteroatoms. The van der Waals surface area contributed by atoms with Crippen molar-refractivity contribution in [3.05, 3.63) is 130 Å². The Morgan fingerprint density at radius 2 is 1.69 bits per heavy atom. The molecular formula is C31H22ClF3N4O3. The van der Waals surface area contributed by atoms with Crippen LogP contribution in [0.15, 0.2) is 97.2 Å². The van der Waals surface area contributed by atoms with Gasteiger partial charge in [-0.1, -0.05) is 54.1 Å². The number of carbonyl (C=O) groups is 2. The van der Waals surface area contributed by atoms with Crippen LogP contribution in [-0.2, 0) is 17.5 Å². The van der Waals surface area contributed by atoms with E-state index < -0.39 is 23.6 Å². The van der Waals surface area contributed by atoms with Gasteiger partial charge in [0.1, 0.15) is 5.69 Å². The first-order valence-corrected chi connectivity index (χ1v) is 13.0. The zero-order chi connectivity index (χ0) is 29.9. The van der Waals surface area contributed by atoms with Crippen LogP contribution < -0.4 is 5.32 Å². The third-order valence-corrected chi connectivity index (χ3v) is 6.62. The van der Waals surface area contributed by atoms with E-state index in [9.17, 15) is 22.8 Å². The van der Waals surface area contributed by atoms with Crippen LogP contribution in [0.2, 0.25) is 5.02 Å². The summed E-state index contributed by atoms with van der Waals surface area (Å²) in [6, 6.07) is 23.9. The second-order valence-electron chi connectivity index (χ2n) is 9.16. The standard InChI is InChI=1S/C31H22ClF3N4O3/c1-42-30(41)24-15-21(29(40)25-13-12-23(18-37-25)36-17-19-7-10-22(32)11-8-19)9-14-26(24)39-27(20-5-3-2-4-6-20)16-28(38-39)31(33,34)35/h2-16,18,36H,17H2,1H3. The molecule has 0 aliphatic heterocycles. The SMILES string of the molecule is COC(=O)c1cc(C(=O)c2ccc(NCc3ccc(Cl)cc3)cn2)ccc1-n1nc(C(F)(F)F)cc1-c1ccccc1. The molecule has 0 saturated carbocycles. The number of hydrogen-bond acceptors (Lipinski definition) is 6. The Morgan fingerprint density at radius 3 is 2.33 bits per heavy atom. The van der Waals surface area contributed by atoms with E-state index in [4.69, 9.17) is 16.3 Å². The summed E-state index contributed by atoms with van der Waals surface area (Å²) in [5.41, 5.74) is 1.19. The lowest BCUT2D eigenvalue weighted by atomic mass is 10.0. The fraction of sp³-hybridized carbons (Fsp3) is 0.0968. The van der Waals surface area contributed by atoms with Crippen LogP contribution in [0.25, 0.3) is 16.9 Å². The second-order valence-corrected chi connectivity index (χ2v) is 9.59. The molecule has 5 aromatic rings. The number of nitrogens with zero attached hydrogens (tertiary/aromatic N) is 3. The number of ketones is 1. The number of halogens is 4. The average Bonchev–Trinajstić information content (AvgIpc) is 3.47. The monoisotopic (exact) mass is 590 g/mol. The molecular weight excluding hydrogens is 569 g/mol. The van der Waals surface area contributed by atoms with Gasteiger partial charge in [-0.25, -0.2) is 9.48 Å². The summed E-state index contributed by atoms with van der Waals surface area (Å²) in [7, 11) is 1.14. The van der Waals surface area contributed by atoms with Crippen molar-refractivity contribution in [2.75, 3.05) is 12.4 Å². The van der Waals surface area contributed by atoms with Crippen LogP contribution in [-0.4, -0.2) is 33.6 Å². The fourth-order valence-corrected chi connectivity index (χ4v) is 4.37. The van der Waals surface area contributed by atoms with Gasteiger partial charge in [-0.2, -0.15) is 18.3 Å². The number of nitrogens with one attached hydrogen (secondary N) is 1. The van der Waals surface area contributed by atoms with Gasteiger partial charge in [0.15, 0.2) is 5.69 Å². The number of benzene rings is 3. The predicted molar refractivity (Wildman–Crippen MR) is 152 cm³/mol. The van der Waals surface area contributed by atoms with Crippen LogP contribution in [0.4, 0.5) is 18.9 Å². The zero-order valence-corrected chi connectivity index (χ0v) is 22.8. The van der Waals surface area contributed by atoms with E-state index in [1.807, 2.05) is 12.1 Å². The first kappa shape index (κ1) is 28.6. The Kier molecular flexibility index (Phi) is 8.08. The summed E-state index contributed by atoms with van der Waals surface area (Å²) < 4.78 is 46.9. The molecule has 0 atom stereocenters. The smallest absolute Gasteiger partial charge is 0.435 e. The molecule has 0 radical (unpaired) electrons. The Morgan fingerprint density at radius 1 is 0.952 bits per heavy atom. The van der Waals surface area contributed by atoms with Crippen LogP contribution in [0.1, 0.15) is 37.7 Å². The number of methoxy groups -OCH3 is 1. The Bertz CT molecular complexity index is 1740. The van der Waals surface area contributed by atoms with Crippen LogP contribution in [0, 0.1) is 0 Å². The van der Waals surface area contributed by atoms with Crippen LogP contribution >= 0.6 is 11.6 Å². The lowest BCUT2D eigenvalue weighted by Crippen LogP contribution is -2.13. The molecule has 0 spiro atoms. The van der Waals surface area contributed by atoms with Crippen molar-refractivity contribution >= 4 is 29.0 Å². The summed E-state index contributed by atoms with van der Waals surface area (Å²) in [5, 5.41) is 7.61. The summed E-state index contributed by atoms with van der Waals surface area (Å²) in [6.07, 6.45) is -3.22. The van der Waals surface area contributed by atoms with Crippen molar-refractivity contribution in [2.45, 2.75) is 12.7 Å². The highest BCUT2D eigenvalue weighted by Gasteiger charge is 2.36. The van der Waals surface area contributed by atoms with E-state index in [1.54, 1.807) is 48.5 Å². The summed E-state index contributed by atoms with van der Waals surface area (Å²) in [6.45, 7) is 0.518. The van der Waals surface area contributed by atoms with E-state index in [0.29, 0.717) is 22.8 Å². The van der Waals surface area contributed by atoms with E-state index in [2.05, 4.69) is 15.4 Å². The van der Waals surface area contributed by atoms with Gasteiger partial charge < -0.3 is 10.1 Å². The Hall–Kier alpha value is -4.96. The number of ether oxygens (including phenoxy) is 1. The van der Waals surface area contributed by atoms with Crippen molar-refractivity contribution in [3.8, 4) is 16.9 Å². The summed E-state index contributed by atoms with van der Waals surface area (Å²) in [5.74, 6) is -1.34. The van der Waals surface area contributed by atoms with Crippen molar-refractivity contribution < 1.29 is 27.5 Å². The number of alkyl halides is 3. The van der Waals surface area contributed by atoms with Crippen LogP contribution in [0.3, 0.4) is 0 Å². The first-order valence-electron chi connectivity index (χ1n) is 12.6. The highest BCUT2D eigenvalue weighted by atomic mass is 35.5. The van der Waals surface area contributed by atoms with Crippen molar-refractivity contribution in [1.82, 2.24) is 14.8 Å². The van der Waals surface area contributed by atoms with Crippen molar-refractivity contribution in [3.63, 3.8) is 0 Å². The maximum absolute atomic E-state index is 13.6. The summed E-state index contributed by atoms with van der Waals surface area (Å²) in [4.78, 5) is 30.3. The maximum Gasteiger partial charge on any atom is 0.435 e. The molecule has 0 aliphatic carbocycles. The molecule has 2 aromatic heterocycles. The van der Waals surface area contributed by atoms with Crippen molar-refractivity contribution in [2.24, 2.45) is 0 Å². The number of anilines is 1. The average molecular weight is 591 g/mol. The fourth-order valence-electron chi connectivity index (χ4n) is 4.24. The minimum Gasteiger partial charge on any atom is -0.465 e. The van der Waals surface area contributed by atoms with Gasteiger partial charge in [0, 0.05) is 22.7 Å². The number of carbonyl (C=O) groups excluding carboxylic acids is 2. The molecule has 3 aromatic carbocycles.